The number of pyridine rings is 1. The lowest BCUT2D eigenvalue weighted by atomic mass is 9.51. The Kier molecular flexibility index (Phi) is 8.33. The van der Waals surface area contributed by atoms with Crippen molar-refractivity contribution >= 4 is 44.6 Å². The third-order valence-electron chi connectivity index (χ3n) is 10.1. The highest BCUT2D eigenvalue weighted by Gasteiger charge is 2.56. The number of carbonyl (C=O) groups excluding carboxylic acids is 2. The van der Waals surface area contributed by atoms with Gasteiger partial charge in [0.1, 0.15) is 0 Å². The summed E-state index contributed by atoms with van der Waals surface area (Å²) in [5.74, 6) is 0.733. The van der Waals surface area contributed by atoms with Crippen molar-refractivity contribution in [3.63, 3.8) is 0 Å². The molecule has 250 valence electrons. The van der Waals surface area contributed by atoms with Crippen molar-refractivity contribution in [2.75, 3.05) is 13.4 Å². The molecule has 1 heterocycles. The zero-order valence-corrected chi connectivity index (χ0v) is 28.1. The zero-order chi connectivity index (χ0) is 33.8. The predicted molar refractivity (Wildman–Crippen MR) is 182 cm³/mol. The number of nitrogens with one attached hydrogen (secondary N) is 2. The fourth-order valence-electron chi connectivity index (χ4n) is 8.59. The van der Waals surface area contributed by atoms with E-state index in [1.54, 1.807) is 47.0 Å². The minimum absolute atomic E-state index is 0.0104. The van der Waals surface area contributed by atoms with Gasteiger partial charge in [-0.1, -0.05) is 41.9 Å². The summed E-state index contributed by atoms with van der Waals surface area (Å²) in [7, 11) is -2.14. The predicted octanol–water partition coefficient (Wildman–Crippen LogP) is 5.61. The molecule has 0 saturated heterocycles. The van der Waals surface area contributed by atoms with Gasteiger partial charge in [0.2, 0.25) is 15.9 Å². The van der Waals surface area contributed by atoms with E-state index in [-0.39, 0.29) is 47.1 Å². The van der Waals surface area contributed by atoms with E-state index in [1.165, 1.54) is 13.4 Å². The van der Waals surface area contributed by atoms with Crippen molar-refractivity contribution in [1.82, 2.24) is 14.6 Å². The molecule has 1 amide bonds. The highest BCUT2D eigenvalue weighted by molar-refractivity contribution is 7.88. The van der Waals surface area contributed by atoms with Crippen molar-refractivity contribution in [3.8, 4) is 11.6 Å². The molecule has 48 heavy (non-hydrogen) atoms. The monoisotopic (exact) mass is 689 g/mol. The summed E-state index contributed by atoms with van der Waals surface area (Å²) >= 11 is 6.35. The average Bonchev–Trinajstić information content (AvgIpc) is 3.03. The molecular weight excluding hydrogens is 654 g/mol. The van der Waals surface area contributed by atoms with Gasteiger partial charge in [0.15, 0.2) is 5.43 Å². The Balaban J connectivity index is 1.17. The molecule has 5 atom stereocenters. The van der Waals surface area contributed by atoms with E-state index >= 15 is 0 Å². The molecule has 8 rings (SSSR count). The number of methoxy groups -OCH3 is 1. The minimum atomic E-state index is -3.33. The number of halogens is 1. The summed E-state index contributed by atoms with van der Waals surface area (Å²) in [6.07, 6.45) is 4.65. The fraction of sp³-hybridized carbons (Fsp3) is 0.361. The van der Waals surface area contributed by atoms with Crippen LogP contribution in [0, 0.1) is 17.8 Å². The summed E-state index contributed by atoms with van der Waals surface area (Å²) in [4.78, 5) is 39.9. The molecule has 4 aromatic rings. The molecule has 1 aromatic heterocycles. The quantitative estimate of drug-likeness (QED) is 0.230. The lowest BCUT2D eigenvalue weighted by Gasteiger charge is -2.59. The molecule has 0 radical (unpaired) electrons. The van der Waals surface area contributed by atoms with Crippen LogP contribution in [0.4, 0.5) is 4.79 Å². The van der Waals surface area contributed by atoms with Crippen molar-refractivity contribution in [2.45, 2.75) is 50.1 Å². The van der Waals surface area contributed by atoms with E-state index in [4.69, 9.17) is 21.1 Å². The number of carbonyl (C=O) groups is 2. The second kappa shape index (κ2) is 12.4. The van der Waals surface area contributed by atoms with Crippen molar-refractivity contribution in [3.05, 3.63) is 105 Å². The van der Waals surface area contributed by atoms with E-state index in [1.807, 2.05) is 30.3 Å². The van der Waals surface area contributed by atoms with Gasteiger partial charge in [0, 0.05) is 39.7 Å². The number of para-hydroxylation sites is 1. The second-order valence-corrected chi connectivity index (χ2v) is 15.7. The molecule has 4 bridgehead atoms. The molecule has 4 aliphatic rings. The molecule has 4 aliphatic carbocycles. The third-order valence-corrected chi connectivity index (χ3v) is 11.2. The van der Waals surface area contributed by atoms with Crippen LogP contribution in [0.1, 0.15) is 53.6 Å². The maximum absolute atomic E-state index is 13.9. The van der Waals surface area contributed by atoms with Gasteiger partial charge in [-0.15, -0.1) is 0 Å². The summed E-state index contributed by atoms with van der Waals surface area (Å²) in [6.45, 7) is 0. The number of nitrogens with zero attached hydrogens (tertiary/aromatic N) is 1. The number of fused-ring (bicyclic) bond motifs is 1. The van der Waals surface area contributed by atoms with E-state index in [0.29, 0.717) is 33.1 Å². The van der Waals surface area contributed by atoms with Gasteiger partial charge >= 0.3 is 6.16 Å². The largest absolute Gasteiger partial charge is 0.514 e. The van der Waals surface area contributed by atoms with Crippen LogP contribution < -0.4 is 20.2 Å². The van der Waals surface area contributed by atoms with Crippen LogP contribution in [0.15, 0.2) is 77.6 Å². The smallest absolute Gasteiger partial charge is 0.437 e. The summed E-state index contributed by atoms with van der Waals surface area (Å²) < 4.78 is 39.3. The van der Waals surface area contributed by atoms with Crippen LogP contribution in [0.25, 0.3) is 16.6 Å². The van der Waals surface area contributed by atoms with Gasteiger partial charge in [-0.2, -0.15) is 0 Å². The Morgan fingerprint density at radius 2 is 1.67 bits per heavy atom. The summed E-state index contributed by atoms with van der Waals surface area (Å²) in [5.41, 5.74) is 1.85. The molecule has 0 spiro atoms. The normalized spacial score (nSPS) is 24.4. The molecule has 2 N–H and O–H groups in total. The van der Waals surface area contributed by atoms with E-state index in [2.05, 4.69) is 10.0 Å². The minimum Gasteiger partial charge on any atom is -0.437 e. The Labute approximate surface area is 283 Å². The highest BCUT2D eigenvalue weighted by Crippen LogP contribution is 2.56. The van der Waals surface area contributed by atoms with Gasteiger partial charge in [-0.05, 0) is 97.9 Å². The van der Waals surface area contributed by atoms with Gasteiger partial charge < -0.3 is 14.8 Å². The SMILES string of the molecule is COC(=O)Oc1c(Cc2ccc(C(=O)N[C@@H]3[C@@H]4C[C@@H]5C[C@H]3C[C@](NS(C)(=O)=O)(C5)C4)cc2)c(=O)c2ccc(Cl)cc2n1-c1ccccc1. The van der Waals surface area contributed by atoms with Crippen LogP contribution in [0.2, 0.25) is 5.02 Å². The van der Waals surface area contributed by atoms with E-state index in [9.17, 15) is 22.8 Å². The Morgan fingerprint density at radius 1 is 0.979 bits per heavy atom. The molecule has 10 nitrogen and oxygen atoms in total. The first-order valence-corrected chi connectivity index (χ1v) is 18.3. The van der Waals surface area contributed by atoms with Crippen LogP contribution in [0.3, 0.4) is 0 Å². The van der Waals surface area contributed by atoms with E-state index in [0.717, 1.165) is 37.7 Å². The molecule has 0 aliphatic heterocycles. The second-order valence-electron chi connectivity index (χ2n) is 13.5. The molecular formula is C36H36ClN3O7S. The Hall–Kier alpha value is -4.19. The summed E-state index contributed by atoms with van der Waals surface area (Å²) in [6, 6.07) is 21.2. The van der Waals surface area contributed by atoms with Gasteiger partial charge in [0.25, 0.3) is 5.91 Å². The lowest BCUT2D eigenvalue weighted by Crippen LogP contribution is -2.66. The maximum atomic E-state index is 13.9. The van der Waals surface area contributed by atoms with Crippen LogP contribution >= 0.6 is 11.6 Å². The van der Waals surface area contributed by atoms with Crippen molar-refractivity contribution in [1.29, 1.82) is 0 Å². The van der Waals surface area contributed by atoms with Gasteiger partial charge in [0.05, 0.1) is 24.4 Å². The first-order valence-electron chi connectivity index (χ1n) is 16.0. The fourth-order valence-corrected chi connectivity index (χ4v) is 9.80. The van der Waals surface area contributed by atoms with Crippen LogP contribution in [0.5, 0.6) is 5.88 Å². The van der Waals surface area contributed by atoms with Crippen LogP contribution in [-0.2, 0) is 21.2 Å². The summed E-state index contributed by atoms with van der Waals surface area (Å²) in [5, 5.41) is 4.08. The average molecular weight is 690 g/mol. The number of hydrogen-bond acceptors (Lipinski definition) is 7. The topological polar surface area (TPSA) is 133 Å². The standard InChI is InChI=1S/C36H36ClN3O7S/c1-46-35(43)47-34-29(32(41)28-13-12-26(37)17-30(28)40(34)27-6-4-3-5-7-27)16-21-8-10-23(11-9-21)33(42)38-31-24-14-22-15-25(31)20-36(18-22,19-24)39-48(2,44)45/h3-13,17,22,24-25,31,39H,14-16,18-20H2,1-2H3,(H,38,42)/t22-,24-,25+,31-,36+. The molecule has 0 unspecified atom stereocenters. The van der Waals surface area contributed by atoms with Crippen LogP contribution in [-0.4, -0.2) is 50.0 Å². The van der Waals surface area contributed by atoms with Gasteiger partial charge in [-0.3, -0.25) is 14.2 Å². The number of ether oxygens (including phenoxy) is 2. The maximum Gasteiger partial charge on any atom is 0.514 e. The number of rotatable bonds is 8. The molecule has 3 aromatic carbocycles. The Bertz CT molecular complexity index is 2070. The van der Waals surface area contributed by atoms with Gasteiger partial charge in [-0.25, -0.2) is 17.9 Å². The number of benzene rings is 3. The first kappa shape index (κ1) is 32.4. The number of aromatic nitrogens is 1. The number of amides is 1. The highest BCUT2D eigenvalue weighted by atomic mass is 35.5. The Morgan fingerprint density at radius 3 is 2.31 bits per heavy atom. The number of sulfonamides is 1. The third kappa shape index (κ3) is 6.22. The van der Waals surface area contributed by atoms with E-state index < -0.39 is 21.7 Å². The number of hydrogen-bond donors (Lipinski definition) is 2. The van der Waals surface area contributed by atoms with Crippen molar-refractivity contribution in [2.24, 2.45) is 17.8 Å². The first-order chi connectivity index (χ1) is 22.9. The lowest BCUT2D eigenvalue weighted by molar-refractivity contribution is -0.0347. The molecule has 4 fully saturated rings. The zero-order valence-electron chi connectivity index (χ0n) is 26.6. The molecule has 4 saturated carbocycles. The van der Waals surface area contributed by atoms with Crippen molar-refractivity contribution < 1.29 is 27.5 Å². The molecule has 12 heteroatoms.